The van der Waals surface area contributed by atoms with Gasteiger partial charge in [0.05, 0.1) is 6.04 Å². The van der Waals surface area contributed by atoms with Gasteiger partial charge in [-0.2, -0.15) is 0 Å². The third-order valence-electron chi connectivity index (χ3n) is 5.35. The van der Waals surface area contributed by atoms with Crippen LogP contribution in [0.1, 0.15) is 43.4 Å². The van der Waals surface area contributed by atoms with E-state index >= 15 is 0 Å². The lowest BCUT2D eigenvalue weighted by Crippen LogP contribution is -2.48. The van der Waals surface area contributed by atoms with Crippen molar-refractivity contribution in [3.8, 4) is 0 Å². The van der Waals surface area contributed by atoms with E-state index in [9.17, 15) is 9.59 Å². The molecular weight excluding hydrogens is 316 g/mol. The van der Waals surface area contributed by atoms with Gasteiger partial charge in [-0.15, -0.1) is 0 Å². The van der Waals surface area contributed by atoms with Gasteiger partial charge < -0.3 is 20.4 Å². The van der Waals surface area contributed by atoms with Crippen LogP contribution in [0.2, 0.25) is 0 Å². The second-order valence-electron chi connectivity index (χ2n) is 7.32. The van der Waals surface area contributed by atoms with Gasteiger partial charge in [0.15, 0.2) is 0 Å². The Morgan fingerprint density at radius 2 is 2.00 bits per heavy atom. The topological polar surface area (TPSA) is 64.7 Å². The highest BCUT2D eigenvalue weighted by molar-refractivity contribution is 5.93. The van der Waals surface area contributed by atoms with Crippen molar-refractivity contribution < 1.29 is 9.59 Å². The maximum Gasteiger partial charge on any atom is 0.317 e. The van der Waals surface area contributed by atoms with Crippen molar-refractivity contribution in [1.29, 1.82) is 0 Å². The molecule has 2 heterocycles. The first-order valence-corrected chi connectivity index (χ1v) is 9.08. The number of amides is 3. The van der Waals surface area contributed by atoms with Gasteiger partial charge in [0.25, 0.3) is 0 Å². The average Bonchev–Trinajstić information content (AvgIpc) is 2.61. The van der Waals surface area contributed by atoms with Crippen molar-refractivity contribution in [1.82, 2.24) is 15.1 Å². The van der Waals surface area contributed by atoms with Gasteiger partial charge in [-0.3, -0.25) is 4.79 Å². The minimum absolute atomic E-state index is 0.00993. The summed E-state index contributed by atoms with van der Waals surface area (Å²) >= 11 is 0. The fourth-order valence-corrected chi connectivity index (χ4v) is 3.62. The molecule has 3 rings (SSSR count). The summed E-state index contributed by atoms with van der Waals surface area (Å²) < 4.78 is 0. The Morgan fingerprint density at radius 3 is 2.68 bits per heavy atom. The zero-order valence-corrected chi connectivity index (χ0v) is 15.3. The number of carbonyl (C=O) groups is 2. The number of urea groups is 1. The largest absolute Gasteiger partial charge is 0.331 e. The smallest absolute Gasteiger partial charge is 0.317 e. The van der Waals surface area contributed by atoms with E-state index in [1.807, 2.05) is 24.0 Å². The summed E-state index contributed by atoms with van der Waals surface area (Å²) in [5.74, 6) is 0.0720. The van der Waals surface area contributed by atoms with E-state index < -0.39 is 0 Å². The number of aryl methyl sites for hydroxylation is 1. The summed E-state index contributed by atoms with van der Waals surface area (Å²) in [5, 5.41) is 6.00. The summed E-state index contributed by atoms with van der Waals surface area (Å²) in [6, 6.07) is 6.54. The lowest BCUT2D eigenvalue weighted by molar-refractivity contribution is -0.116. The Morgan fingerprint density at radius 1 is 1.28 bits per heavy atom. The quantitative estimate of drug-likeness (QED) is 0.885. The highest BCUT2D eigenvalue weighted by Crippen LogP contribution is 2.26. The predicted molar refractivity (Wildman–Crippen MR) is 98.6 cm³/mol. The third kappa shape index (κ3) is 4.12. The number of nitrogens with zero attached hydrogens (tertiary/aromatic N) is 2. The molecule has 1 aromatic rings. The highest BCUT2D eigenvalue weighted by Gasteiger charge is 2.25. The minimum atomic E-state index is -0.0537. The molecule has 1 atom stereocenters. The van der Waals surface area contributed by atoms with E-state index in [0.29, 0.717) is 12.5 Å². The van der Waals surface area contributed by atoms with Crippen molar-refractivity contribution in [3.05, 3.63) is 29.3 Å². The van der Waals surface area contributed by atoms with Gasteiger partial charge in [0.1, 0.15) is 0 Å². The van der Waals surface area contributed by atoms with E-state index in [0.717, 1.165) is 49.2 Å². The fraction of sp³-hybridized carbons (Fsp3) is 0.579. The first-order chi connectivity index (χ1) is 11.9. The van der Waals surface area contributed by atoms with Crippen molar-refractivity contribution in [2.45, 2.75) is 44.7 Å². The number of piperidine rings is 1. The molecule has 136 valence electrons. The van der Waals surface area contributed by atoms with Crippen molar-refractivity contribution >= 4 is 17.6 Å². The molecule has 0 radical (unpaired) electrons. The maximum absolute atomic E-state index is 12.5. The Balaban J connectivity index is 1.58. The summed E-state index contributed by atoms with van der Waals surface area (Å²) in [6.07, 6.45) is 3.33. The van der Waals surface area contributed by atoms with Crippen molar-refractivity contribution in [2.75, 3.05) is 32.5 Å². The molecule has 1 unspecified atom stereocenters. The Kier molecular flexibility index (Phi) is 5.27. The van der Waals surface area contributed by atoms with E-state index in [-0.39, 0.29) is 18.0 Å². The summed E-state index contributed by atoms with van der Waals surface area (Å²) in [5.41, 5.74) is 3.11. The fourth-order valence-electron chi connectivity index (χ4n) is 3.62. The molecule has 0 bridgehead atoms. The van der Waals surface area contributed by atoms with Crippen LogP contribution in [0.4, 0.5) is 10.5 Å². The number of rotatable bonds is 3. The van der Waals surface area contributed by atoms with Crippen LogP contribution in [0.15, 0.2) is 18.2 Å². The van der Waals surface area contributed by atoms with Gasteiger partial charge in [0.2, 0.25) is 5.91 Å². The normalized spacial score (nSPS) is 19.4. The molecule has 1 saturated heterocycles. The van der Waals surface area contributed by atoms with Gasteiger partial charge in [-0.25, -0.2) is 4.79 Å². The predicted octanol–water partition coefficient (Wildman–Crippen LogP) is 2.37. The number of anilines is 1. The number of likely N-dealkylation sites (tertiary alicyclic amines) is 1. The number of carbonyl (C=O) groups excluding carboxylic acids is 2. The van der Waals surface area contributed by atoms with Crippen LogP contribution < -0.4 is 10.6 Å². The van der Waals surface area contributed by atoms with E-state index in [1.54, 1.807) is 0 Å². The van der Waals surface area contributed by atoms with Crippen LogP contribution in [0, 0.1) is 0 Å². The van der Waals surface area contributed by atoms with E-state index in [1.165, 1.54) is 0 Å². The van der Waals surface area contributed by atoms with Crippen molar-refractivity contribution in [2.24, 2.45) is 0 Å². The van der Waals surface area contributed by atoms with Crippen LogP contribution in [-0.4, -0.2) is 55.0 Å². The molecule has 0 aromatic heterocycles. The molecule has 3 amide bonds. The second kappa shape index (κ2) is 7.44. The lowest BCUT2D eigenvalue weighted by Gasteiger charge is -2.35. The average molecular weight is 344 g/mol. The molecule has 2 aliphatic rings. The highest BCUT2D eigenvalue weighted by atomic mass is 16.2. The van der Waals surface area contributed by atoms with Crippen LogP contribution in [-0.2, 0) is 11.2 Å². The molecule has 0 saturated carbocycles. The molecule has 0 aliphatic carbocycles. The van der Waals surface area contributed by atoms with Gasteiger partial charge in [0, 0.05) is 31.2 Å². The van der Waals surface area contributed by atoms with E-state index in [4.69, 9.17) is 0 Å². The molecular formula is C19H28N4O2. The Bertz CT molecular complexity index is 651. The molecule has 1 aromatic carbocycles. The zero-order valence-electron chi connectivity index (χ0n) is 15.3. The van der Waals surface area contributed by atoms with Crippen LogP contribution in [0.5, 0.6) is 0 Å². The van der Waals surface area contributed by atoms with Crippen LogP contribution in [0.3, 0.4) is 0 Å². The Labute approximate surface area is 149 Å². The standard InChI is InChI=1S/C19H28N4O2/c1-13(14-4-6-17-15(12-14)5-7-18(24)21-17)20-19(25)23-10-8-16(9-11-23)22(2)3/h4,6,12-13,16H,5,7-11H2,1-3H3,(H,20,25)(H,21,24). The zero-order chi connectivity index (χ0) is 18.0. The third-order valence-corrected chi connectivity index (χ3v) is 5.35. The van der Waals surface area contributed by atoms with E-state index in [2.05, 4.69) is 35.7 Å². The molecule has 0 spiro atoms. The molecule has 2 N–H and O–H groups in total. The molecule has 25 heavy (non-hydrogen) atoms. The molecule has 6 nitrogen and oxygen atoms in total. The minimum Gasteiger partial charge on any atom is -0.331 e. The van der Waals surface area contributed by atoms with Gasteiger partial charge in [-0.05, 0) is 57.5 Å². The molecule has 6 heteroatoms. The number of fused-ring (bicyclic) bond motifs is 1. The SMILES string of the molecule is CC(NC(=O)N1CCC(N(C)C)CC1)c1ccc2c(c1)CCC(=O)N2. The summed E-state index contributed by atoms with van der Waals surface area (Å²) in [7, 11) is 4.20. The Hall–Kier alpha value is -2.08. The number of nitrogens with one attached hydrogen (secondary N) is 2. The second-order valence-corrected chi connectivity index (χ2v) is 7.32. The van der Waals surface area contributed by atoms with Crippen LogP contribution >= 0.6 is 0 Å². The van der Waals surface area contributed by atoms with Crippen LogP contribution in [0.25, 0.3) is 0 Å². The summed E-state index contributed by atoms with van der Waals surface area (Å²) in [6.45, 7) is 3.61. The van der Waals surface area contributed by atoms with Gasteiger partial charge in [-0.1, -0.05) is 12.1 Å². The lowest BCUT2D eigenvalue weighted by atomic mass is 9.98. The number of hydrogen-bond acceptors (Lipinski definition) is 3. The molecule has 1 fully saturated rings. The number of hydrogen-bond donors (Lipinski definition) is 2. The molecule has 2 aliphatic heterocycles. The maximum atomic E-state index is 12.5. The van der Waals surface area contributed by atoms with Crippen molar-refractivity contribution in [3.63, 3.8) is 0 Å². The number of benzene rings is 1. The monoisotopic (exact) mass is 344 g/mol. The first-order valence-electron chi connectivity index (χ1n) is 9.08. The summed E-state index contributed by atoms with van der Waals surface area (Å²) in [4.78, 5) is 28.1. The van der Waals surface area contributed by atoms with Gasteiger partial charge >= 0.3 is 6.03 Å². The first kappa shape index (κ1) is 17.7.